The second-order valence-corrected chi connectivity index (χ2v) is 5.04. The highest BCUT2D eigenvalue weighted by molar-refractivity contribution is 5.97. The van der Waals surface area contributed by atoms with Gasteiger partial charge >= 0.3 is 0 Å². The lowest BCUT2D eigenvalue weighted by Crippen LogP contribution is -2.33. The van der Waals surface area contributed by atoms with Gasteiger partial charge in [-0.2, -0.15) is 0 Å². The number of aliphatic hydroxyl groups is 1. The molecule has 1 unspecified atom stereocenters. The maximum Gasteiger partial charge on any atom is 0.255 e. The van der Waals surface area contributed by atoms with Crippen LogP contribution in [0.4, 0.5) is 4.39 Å². The average Bonchev–Trinajstić information content (AvgIpc) is 2.37. The quantitative estimate of drug-likeness (QED) is 0.807. The predicted octanol–water partition coefficient (Wildman–Crippen LogP) is 2.36. The Morgan fingerprint density at radius 3 is 2.75 bits per heavy atom. The number of halogens is 1. The number of rotatable bonds is 7. The highest BCUT2D eigenvalue weighted by Gasteiger charge is 2.17. The highest BCUT2D eigenvalue weighted by atomic mass is 19.1. The van der Waals surface area contributed by atoms with E-state index in [4.69, 9.17) is 4.74 Å². The number of ether oxygens (including phenoxy) is 1. The maximum absolute atomic E-state index is 13.6. The maximum atomic E-state index is 13.6. The molecule has 0 aliphatic carbocycles. The Kier molecular flexibility index (Phi) is 6.45. The minimum atomic E-state index is -0.608. The van der Waals surface area contributed by atoms with Crippen LogP contribution in [0.15, 0.2) is 18.2 Å². The molecule has 1 aromatic carbocycles. The molecule has 20 heavy (non-hydrogen) atoms. The van der Waals surface area contributed by atoms with Crippen molar-refractivity contribution in [1.82, 2.24) is 5.32 Å². The van der Waals surface area contributed by atoms with Gasteiger partial charge in [-0.1, -0.05) is 19.9 Å². The average molecular weight is 283 g/mol. The van der Waals surface area contributed by atoms with Crippen LogP contribution in [0.25, 0.3) is 0 Å². The summed E-state index contributed by atoms with van der Waals surface area (Å²) in [5, 5.41) is 12.3. The Morgan fingerprint density at radius 1 is 1.45 bits per heavy atom. The van der Waals surface area contributed by atoms with Crippen LogP contribution in [-0.4, -0.2) is 30.3 Å². The largest absolute Gasteiger partial charge is 0.490 e. The van der Waals surface area contributed by atoms with Crippen molar-refractivity contribution < 1.29 is 19.0 Å². The molecule has 112 valence electrons. The number of hydrogen-bond donors (Lipinski definition) is 2. The SMILES string of the molecule is CCOc1c(F)cccc1C(=O)NCC(O)CC(C)C. The van der Waals surface area contributed by atoms with Gasteiger partial charge in [0.15, 0.2) is 11.6 Å². The van der Waals surface area contributed by atoms with Gasteiger partial charge in [0.1, 0.15) is 0 Å². The molecule has 1 amide bonds. The van der Waals surface area contributed by atoms with Crippen molar-refractivity contribution in [3.63, 3.8) is 0 Å². The van der Waals surface area contributed by atoms with Gasteiger partial charge in [0.2, 0.25) is 0 Å². The Hall–Kier alpha value is -1.62. The van der Waals surface area contributed by atoms with Gasteiger partial charge < -0.3 is 15.2 Å². The molecule has 0 spiro atoms. The molecule has 0 saturated heterocycles. The summed E-state index contributed by atoms with van der Waals surface area (Å²) in [4.78, 5) is 12.0. The number of hydrogen-bond acceptors (Lipinski definition) is 3. The van der Waals surface area contributed by atoms with Crippen molar-refractivity contribution in [2.24, 2.45) is 5.92 Å². The molecule has 0 fully saturated rings. The predicted molar refractivity (Wildman–Crippen MR) is 75.4 cm³/mol. The normalized spacial score (nSPS) is 12.3. The standard InChI is InChI=1S/C15H22FNO3/c1-4-20-14-12(6-5-7-13(14)16)15(19)17-9-11(18)8-10(2)3/h5-7,10-11,18H,4,8-9H2,1-3H3,(H,17,19). The van der Waals surface area contributed by atoms with Gasteiger partial charge in [0.25, 0.3) is 5.91 Å². The van der Waals surface area contributed by atoms with Gasteiger partial charge in [-0.05, 0) is 31.4 Å². The molecule has 0 bridgehead atoms. The third-order valence-corrected chi connectivity index (χ3v) is 2.74. The van der Waals surface area contributed by atoms with E-state index < -0.39 is 17.8 Å². The van der Waals surface area contributed by atoms with E-state index in [1.54, 1.807) is 6.92 Å². The molecule has 0 aromatic heterocycles. The molecule has 0 aliphatic heterocycles. The number of nitrogens with one attached hydrogen (secondary N) is 1. The van der Waals surface area contributed by atoms with Crippen LogP contribution in [0.2, 0.25) is 0 Å². The molecular weight excluding hydrogens is 261 g/mol. The van der Waals surface area contributed by atoms with E-state index in [0.717, 1.165) is 0 Å². The third kappa shape index (κ3) is 4.81. The first-order valence-corrected chi connectivity index (χ1v) is 6.83. The Balaban J connectivity index is 2.70. The van der Waals surface area contributed by atoms with Gasteiger partial charge in [-0.25, -0.2) is 4.39 Å². The van der Waals surface area contributed by atoms with Gasteiger partial charge in [-0.15, -0.1) is 0 Å². The second kappa shape index (κ2) is 7.85. The smallest absolute Gasteiger partial charge is 0.255 e. The van der Waals surface area contributed by atoms with Crippen molar-refractivity contribution in [3.05, 3.63) is 29.6 Å². The molecule has 2 N–H and O–H groups in total. The lowest BCUT2D eigenvalue weighted by Gasteiger charge is -2.15. The van der Waals surface area contributed by atoms with E-state index in [9.17, 15) is 14.3 Å². The Labute approximate surface area is 119 Å². The summed E-state index contributed by atoms with van der Waals surface area (Å²) in [6.45, 7) is 6.12. The summed E-state index contributed by atoms with van der Waals surface area (Å²) in [6.07, 6.45) is -0.00933. The van der Waals surface area contributed by atoms with Crippen LogP contribution in [-0.2, 0) is 0 Å². The van der Waals surface area contributed by atoms with Crippen LogP contribution in [0.5, 0.6) is 5.75 Å². The molecule has 1 atom stereocenters. The first-order valence-electron chi connectivity index (χ1n) is 6.83. The first-order chi connectivity index (χ1) is 9.45. The van der Waals surface area contributed by atoms with E-state index in [1.807, 2.05) is 13.8 Å². The summed E-state index contributed by atoms with van der Waals surface area (Å²) < 4.78 is 18.8. The second-order valence-electron chi connectivity index (χ2n) is 5.04. The zero-order chi connectivity index (χ0) is 15.1. The highest BCUT2D eigenvalue weighted by Crippen LogP contribution is 2.22. The zero-order valence-electron chi connectivity index (χ0n) is 12.1. The van der Waals surface area contributed by atoms with E-state index >= 15 is 0 Å². The summed E-state index contributed by atoms with van der Waals surface area (Å²) in [5.74, 6) is -0.723. The van der Waals surface area contributed by atoms with Crippen LogP contribution in [0, 0.1) is 11.7 Å². The molecule has 4 nitrogen and oxygen atoms in total. The summed E-state index contributed by atoms with van der Waals surface area (Å²) in [7, 11) is 0. The van der Waals surface area contributed by atoms with Crippen molar-refractivity contribution >= 4 is 5.91 Å². The number of carbonyl (C=O) groups is 1. The zero-order valence-corrected chi connectivity index (χ0v) is 12.1. The lowest BCUT2D eigenvalue weighted by atomic mass is 10.1. The lowest BCUT2D eigenvalue weighted by molar-refractivity contribution is 0.0895. The van der Waals surface area contributed by atoms with Crippen LogP contribution >= 0.6 is 0 Å². The fraction of sp³-hybridized carbons (Fsp3) is 0.533. The van der Waals surface area contributed by atoms with Crippen LogP contribution < -0.4 is 10.1 Å². The number of benzene rings is 1. The van der Waals surface area contributed by atoms with Gasteiger partial charge in [-0.3, -0.25) is 4.79 Å². The fourth-order valence-corrected chi connectivity index (χ4v) is 1.91. The van der Waals surface area contributed by atoms with Crippen molar-refractivity contribution in [3.8, 4) is 5.75 Å². The van der Waals surface area contributed by atoms with E-state index in [0.29, 0.717) is 12.3 Å². The van der Waals surface area contributed by atoms with Gasteiger partial charge in [0.05, 0.1) is 18.3 Å². The third-order valence-electron chi connectivity index (χ3n) is 2.74. The number of carbonyl (C=O) groups excluding carboxylic acids is 1. The topological polar surface area (TPSA) is 58.6 Å². The molecule has 0 saturated carbocycles. The van der Waals surface area contributed by atoms with Gasteiger partial charge in [0, 0.05) is 6.54 Å². The van der Waals surface area contributed by atoms with Crippen molar-refractivity contribution in [1.29, 1.82) is 0 Å². The first kappa shape index (κ1) is 16.4. The summed E-state index contributed by atoms with van der Waals surface area (Å²) in [6, 6.07) is 4.20. The summed E-state index contributed by atoms with van der Waals surface area (Å²) in [5.41, 5.74) is 0.142. The molecule has 0 radical (unpaired) electrons. The van der Waals surface area contributed by atoms with E-state index in [-0.39, 0.29) is 24.5 Å². The van der Waals surface area contributed by atoms with E-state index in [1.165, 1.54) is 18.2 Å². The fourth-order valence-electron chi connectivity index (χ4n) is 1.91. The minimum absolute atomic E-state index is 0.0501. The molecule has 1 aromatic rings. The molecule has 1 rings (SSSR count). The monoisotopic (exact) mass is 283 g/mol. The van der Waals surface area contributed by atoms with Crippen LogP contribution in [0.1, 0.15) is 37.6 Å². The number of para-hydroxylation sites is 1. The Bertz CT molecular complexity index is 449. The van der Waals surface area contributed by atoms with Crippen molar-refractivity contribution in [2.75, 3.05) is 13.2 Å². The Morgan fingerprint density at radius 2 is 2.15 bits per heavy atom. The van der Waals surface area contributed by atoms with E-state index in [2.05, 4.69) is 5.32 Å². The number of amides is 1. The molecule has 5 heteroatoms. The van der Waals surface area contributed by atoms with Crippen LogP contribution in [0.3, 0.4) is 0 Å². The molecule has 0 aliphatic rings. The summed E-state index contributed by atoms with van der Waals surface area (Å²) >= 11 is 0. The molecular formula is C15H22FNO3. The number of aliphatic hydroxyl groups excluding tert-OH is 1. The molecule has 0 heterocycles. The minimum Gasteiger partial charge on any atom is -0.490 e. The van der Waals surface area contributed by atoms with Crippen molar-refractivity contribution in [2.45, 2.75) is 33.3 Å².